The molecule has 0 aliphatic carbocycles. The molecule has 10 heteroatoms. The zero-order chi connectivity index (χ0) is 25.3. The first-order valence-electron chi connectivity index (χ1n) is 11.4. The second-order valence-electron chi connectivity index (χ2n) is 9.03. The lowest BCUT2D eigenvalue weighted by Crippen LogP contribution is -2.60. The lowest BCUT2D eigenvalue weighted by atomic mass is 9.63. The van der Waals surface area contributed by atoms with Gasteiger partial charge in [-0.15, -0.1) is 0 Å². The molecule has 1 aromatic carbocycles. The highest BCUT2D eigenvalue weighted by Gasteiger charge is 2.64. The lowest BCUT2D eigenvalue weighted by Gasteiger charge is -2.49. The first kappa shape index (κ1) is 25.0. The number of piperidine rings is 2. The molecule has 1 N–H and O–H groups in total. The Labute approximate surface area is 201 Å². The number of aromatic nitrogens is 1. The van der Waals surface area contributed by atoms with Crippen molar-refractivity contribution in [1.29, 1.82) is 0 Å². The van der Waals surface area contributed by atoms with E-state index < -0.39 is 23.1 Å². The van der Waals surface area contributed by atoms with Crippen LogP contribution < -0.4 is 10.1 Å². The lowest BCUT2D eigenvalue weighted by molar-refractivity contribution is -0.271. The second kappa shape index (κ2) is 9.49. The maximum absolute atomic E-state index is 14.4. The molecule has 2 aromatic rings. The first-order valence-corrected chi connectivity index (χ1v) is 11.4. The van der Waals surface area contributed by atoms with Crippen molar-refractivity contribution in [3.63, 3.8) is 0 Å². The van der Waals surface area contributed by atoms with Gasteiger partial charge in [0.05, 0.1) is 12.8 Å². The fourth-order valence-corrected chi connectivity index (χ4v) is 5.47. The number of halogens is 3. The molecule has 3 heterocycles. The number of rotatable bonds is 5. The minimum absolute atomic E-state index is 0.0613. The van der Waals surface area contributed by atoms with E-state index in [-0.39, 0.29) is 36.9 Å². The zero-order valence-corrected chi connectivity index (χ0v) is 19.6. The predicted molar refractivity (Wildman–Crippen MR) is 121 cm³/mol. The van der Waals surface area contributed by atoms with Gasteiger partial charge in [0, 0.05) is 50.8 Å². The largest absolute Gasteiger partial charge is 0.495 e. The van der Waals surface area contributed by atoms with Crippen molar-refractivity contribution < 1.29 is 32.2 Å². The third-order valence-corrected chi connectivity index (χ3v) is 7.34. The number of hydrogen-bond donors (Lipinski definition) is 1. The Morgan fingerprint density at radius 2 is 1.80 bits per heavy atom. The summed E-state index contributed by atoms with van der Waals surface area (Å²) in [6.07, 6.45) is -2.42. The van der Waals surface area contributed by atoms with E-state index >= 15 is 0 Å². The van der Waals surface area contributed by atoms with Gasteiger partial charge in [-0.1, -0.05) is 30.3 Å². The molecule has 188 valence electrons. The van der Waals surface area contributed by atoms with Crippen LogP contribution in [0.3, 0.4) is 0 Å². The molecular formula is C25H28F3N3O4. The zero-order valence-electron chi connectivity index (χ0n) is 19.6. The summed E-state index contributed by atoms with van der Waals surface area (Å²) in [7, 11) is 2.44. The van der Waals surface area contributed by atoms with E-state index in [1.54, 1.807) is 31.5 Å². The van der Waals surface area contributed by atoms with Gasteiger partial charge in [-0.25, -0.2) is 0 Å². The van der Waals surface area contributed by atoms with E-state index in [1.165, 1.54) is 29.2 Å². The van der Waals surface area contributed by atoms with Gasteiger partial charge in [0.25, 0.3) is 11.5 Å². The molecule has 7 nitrogen and oxygen atoms in total. The Hall–Kier alpha value is -3.14. The van der Waals surface area contributed by atoms with Gasteiger partial charge in [0.1, 0.15) is 5.75 Å². The summed E-state index contributed by atoms with van der Waals surface area (Å²) >= 11 is 0. The summed E-state index contributed by atoms with van der Waals surface area (Å²) in [5, 5.41) is 2.88. The molecule has 2 aliphatic heterocycles. The van der Waals surface area contributed by atoms with Crippen molar-refractivity contribution in [2.75, 3.05) is 33.9 Å². The second-order valence-corrected chi connectivity index (χ2v) is 9.03. The van der Waals surface area contributed by atoms with Gasteiger partial charge in [-0.3, -0.25) is 14.6 Å². The van der Waals surface area contributed by atoms with Crippen molar-refractivity contribution in [1.82, 2.24) is 15.2 Å². The van der Waals surface area contributed by atoms with Crippen LogP contribution in [0.4, 0.5) is 13.2 Å². The molecule has 2 atom stereocenters. The van der Waals surface area contributed by atoms with Crippen LogP contribution in [0.1, 0.15) is 36.4 Å². The van der Waals surface area contributed by atoms with Crippen molar-refractivity contribution >= 4 is 11.8 Å². The quantitative estimate of drug-likeness (QED) is 0.694. The summed E-state index contributed by atoms with van der Waals surface area (Å²) in [6, 6.07) is 10.5. The van der Waals surface area contributed by atoms with E-state index in [0.29, 0.717) is 30.8 Å². The topological polar surface area (TPSA) is 80.8 Å². The minimum Gasteiger partial charge on any atom is -0.495 e. The maximum atomic E-state index is 14.4. The highest BCUT2D eigenvalue weighted by atomic mass is 19.4. The van der Waals surface area contributed by atoms with E-state index in [0.717, 1.165) is 7.11 Å². The molecule has 35 heavy (non-hydrogen) atoms. The Morgan fingerprint density at radius 1 is 1.11 bits per heavy atom. The fraction of sp³-hybridized carbons (Fsp3) is 0.480. The van der Waals surface area contributed by atoms with E-state index in [2.05, 4.69) is 10.3 Å². The van der Waals surface area contributed by atoms with Gasteiger partial charge >= 0.3 is 6.18 Å². The standard InChI is InChI=1S/C25H28F3N3O4/c1-34-19-9-6-12-29-21(19)18-16-30-20(32)15-23(18)10-13-31(14-11-23)22(33)24(35-2,25(26,27)28)17-7-4-3-5-8-17/h3-9,12,18H,10-11,13-16H2,1-2H3,(H,30,32)/t18-,24+/m0/s1. The molecule has 0 unspecified atom stereocenters. The number of likely N-dealkylation sites (tertiary alicyclic amines) is 1. The smallest absolute Gasteiger partial charge is 0.430 e. The minimum atomic E-state index is -4.97. The Bertz CT molecular complexity index is 1070. The summed E-state index contributed by atoms with van der Waals surface area (Å²) in [5.74, 6) is -0.883. The van der Waals surface area contributed by atoms with Crippen LogP contribution in [0.2, 0.25) is 0 Å². The van der Waals surface area contributed by atoms with Gasteiger partial charge in [-0.2, -0.15) is 13.2 Å². The molecule has 1 spiro atoms. The molecule has 2 amide bonds. The molecule has 2 saturated heterocycles. The van der Waals surface area contributed by atoms with Crippen LogP contribution in [0.25, 0.3) is 0 Å². The Kier molecular flexibility index (Phi) is 6.77. The van der Waals surface area contributed by atoms with Crippen LogP contribution >= 0.6 is 0 Å². The van der Waals surface area contributed by atoms with Crippen molar-refractivity contribution in [2.45, 2.75) is 37.0 Å². The number of amides is 2. The average Bonchev–Trinajstić information content (AvgIpc) is 2.85. The number of nitrogens with one attached hydrogen (secondary N) is 1. The van der Waals surface area contributed by atoms with Crippen molar-refractivity contribution in [2.24, 2.45) is 5.41 Å². The molecule has 0 radical (unpaired) electrons. The van der Waals surface area contributed by atoms with Gasteiger partial charge < -0.3 is 19.7 Å². The number of carbonyl (C=O) groups excluding carboxylic acids is 2. The summed E-state index contributed by atoms with van der Waals surface area (Å²) in [4.78, 5) is 31.6. The molecule has 0 saturated carbocycles. The number of alkyl halides is 3. The van der Waals surface area contributed by atoms with Gasteiger partial charge in [0.2, 0.25) is 5.91 Å². The van der Waals surface area contributed by atoms with E-state index in [9.17, 15) is 22.8 Å². The van der Waals surface area contributed by atoms with Crippen LogP contribution in [-0.2, 0) is 19.9 Å². The third-order valence-electron chi connectivity index (χ3n) is 7.34. The van der Waals surface area contributed by atoms with Crippen LogP contribution in [0, 0.1) is 5.41 Å². The van der Waals surface area contributed by atoms with Crippen LogP contribution in [-0.4, -0.2) is 61.7 Å². The number of pyridine rings is 1. The van der Waals surface area contributed by atoms with Gasteiger partial charge in [-0.05, 0) is 30.4 Å². The van der Waals surface area contributed by atoms with E-state index in [4.69, 9.17) is 9.47 Å². The van der Waals surface area contributed by atoms with E-state index in [1.807, 2.05) is 0 Å². The van der Waals surface area contributed by atoms with Crippen molar-refractivity contribution in [3.8, 4) is 5.75 Å². The number of methoxy groups -OCH3 is 2. The fourth-order valence-electron chi connectivity index (χ4n) is 5.47. The maximum Gasteiger partial charge on any atom is 0.430 e. The molecule has 2 fully saturated rings. The first-order chi connectivity index (χ1) is 16.7. The number of benzene rings is 1. The molecule has 0 bridgehead atoms. The molecule has 4 rings (SSSR count). The molecule has 1 aromatic heterocycles. The highest BCUT2D eigenvalue weighted by molar-refractivity contribution is 5.88. The van der Waals surface area contributed by atoms with Crippen molar-refractivity contribution in [3.05, 3.63) is 59.9 Å². The third kappa shape index (κ3) is 4.24. The molecular weight excluding hydrogens is 463 g/mol. The monoisotopic (exact) mass is 491 g/mol. The number of nitrogens with zero attached hydrogens (tertiary/aromatic N) is 2. The number of ether oxygens (including phenoxy) is 2. The summed E-state index contributed by atoms with van der Waals surface area (Å²) in [5.41, 5.74) is -3.23. The number of hydrogen-bond acceptors (Lipinski definition) is 5. The number of carbonyl (C=O) groups is 2. The summed E-state index contributed by atoms with van der Waals surface area (Å²) in [6.45, 7) is 0.465. The van der Waals surface area contributed by atoms with Crippen LogP contribution in [0.15, 0.2) is 48.7 Å². The normalized spacial score (nSPS) is 21.8. The average molecular weight is 492 g/mol. The predicted octanol–water partition coefficient (Wildman–Crippen LogP) is 3.41. The van der Waals surface area contributed by atoms with Crippen LogP contribution in [0.5, 0.6) is 5.75 Å². The summed E-state index contributed by atoms with van der Waals surface area (Å²) < 4.78 is 53.6. The Balaban J connectivity index is 1.64. The SMILES string of the molecule is COc1cccnc1[C@@H]1CNC(=O)CC12CCN(C(=O)[C@](OC)(c1ccccc1)C(F)(F)F)CC2. The highest BCUT2D eigenvalue weighted by Crippen LogP contribution is 2.51. The van der Waals surface area contributed by atoms with Gasteiger partial charge in [0.15, 0.2) is 0 Å². The Morgan fingerprint density at radius 3 is 2.40 bits per heavy atom. The molecule has 2 aliphatic rings.